The molecular weight excluding hydrogens is 366 g/mol. The van der Waals surface area contributed by atoms with Gasteiger partial charge in [0.1, 0.15) is 5.75 Å². The molecule has 0 aromatic heterocycles. The predicted octanol–water partition coefficient (Wildman–Crippen LogP) is 3.61. The molecule has 2 N–H and O–H groups in total. The minimum atomic E-state index is -0.431. The van der Waals surface area contributed by atoms with Crippen LogP contribution in [0.5, 0.6) is 5.75 Å². The Morgan fingerprint density at radius 3 is 2.31 bits per heavy atom. The molecule has 0 spiro atoms. The van der Waals surface area contributed by atoms with E-state index in [-0.39, 0.29) is 24.4 Å². The number of carbonyl (C=O) groups is 2. The quantitative estimate of drug-likeness (QED) is 0.642. The smallest absolute Gasteiger partial charge is 0.238 e. The van der Waals surface area contributed by atoms with E-state index in [0.29, 0.717) is 5.69 Å². The van der Waals surface area contributed by atoms with Crippen molar-refractivity contribution in [3.63, 3.8) is 0 Å². The van der Waals surface area contributed by atoms with E-state index in [2.05, 4.69) is 17.6 Å². The molecule has 0 heterocycles. The van der Waals surface area contributed by atoms with E-state index in [1.807, 2.05) is 37.3 Å². The van der Waals surface area contributed by atoms with E-state index < -0.39 is 6.04 Å². The average Bonchev–Trinajstić information content (AvgIpc) is 2.73. The van der Waals surface area contributed by atoms with Crippen molar-refractivity contribution in [2.45, 2.75) is 38.8 Å². The van der Waals surface area contributed by atoms with Crippen molar-refractivity contribution in [2.24, 2.45) is 0 Å². The number of likely N-dealkylation sites (N-methyl/N-ethyl adjacent to an activating group) is 1. The third-order valence-corrected chi connectivity index (χ3v) is 4.90. The van der Waals surface area contributed by atoms with Gasteiger partial charge < -0.3 is 15.4 Å². The van der Waals surface area contributed by atoms with Crippen LogP contribution >= 0.6 is 0 Å². The highest BCUT2D eigenvalue weighted by atomic mass is 16.5. The third-order valence-electron chi connectivity index (χ3n) is 4.90. The van der Waals surface area contributed by atoms with Gasteiger partial charge >= 0.3 is 0 Å². The molecule has 6 heteroatoms. The molecule has 2 atom stereocenters. The van der Waals surface area contributed by atoms with Gasteiger partial charge in [0.15, 0.2) is 0 Å². The number of ether oxygens (including phenoxy) is 1. The number of hydrogen-bond donors (Lipinski definition) is 2. The van der Waals surface area contributed by atoms with Crippen LogP contribution in [0.4, 0.5) is 5.69 Å². The van der Waals surface area contributed by atoms with Crippen molar-refractivity contribution in [1.29, 1.82) is 0 Å². The Balaban J connectivity index is 1.90. The number of benzene rings is 2. The third kappa shape index (κ3) is 6.91. The van der Waals surface area contributed by atoms with Gasteiger partial charge in [-0.05, 0) is 50.2 Å². The SMILES string of the molecule is CCC[C@@H](NC(=O)[C@H](C)N(C)CC(=O)Nc1ccc(OC)cc1)c1ccccc1. The van der Waals surface area contributed by atoms with Gasteiger partial charge in [-0.25, -0.2) is 0 Å². The van der Waals surface area contributed by atoms with Crippen LogP contribution in [0, 0.1) is 0 Å². The lowest BCUT2D eigenvalue weighted by atomic mass is 10.0. The fraction of sp³-hybridized carbons (Fsp3) is 0.391. The number of anilines is 1. The molecule has 0 saturated carbocycles. The van der Waals surface area contributed by atoms with Crippen molar-refractivity contribution >= 4 is 17.5 Å². The Kier molecular flexibility index (Phi) is 8.68. The first-order valence-corrected chi connectivity index (χ1v) is 9.94. The Labute approximate surface area is 173 Å². The summed E-state index contributed by atoms with van der Waals surface area (Å²) in [5.41, 5.74) is 1.78. The standard InChI is InChI=1S/C23H31N3O3/c1-5-9-21(18-10-7-6-8-11-18)25-23(28)17(2)26(3)16-22(27)24-19-12-14-20(29-4)15-13-19/h6-8,10-15,17,21H,5,9,16H2,1-4H3,(H,24,27)(H,25,28)/t17-,21+/m0/s1. The maximum absolute atomic E-state index is 12.8. The van der Waals surface area contributed by atoms with Crippen molar-refractivity contribution in [1.82, 2.24) is 10.2 Å². The van der Waals surface area contributed by atoms with Gasteiger partial charge in [-0.15, -0.1) is 0 Å². The van der Waals surface area contributed by atoms with E-state index in [4.69, 9.17) is 4.74 Å². The molecule has 29 heavy (non-hydrogen) atoms. The van der Waals surface area contributed by atoms with E-state index in [9.17, 15) is 9.59 Å². The van der Waals surface area contributed by atoms with Crippen LogP contribution in [0.1, 0.15) is 38.3 Å². The monoisotopic (exact) mass is 397 g/mol. The second-order valence-corrected chi connectivity index (χ2v) is 7.13. The zero-order valence-corrected chi connectivity index (χ0v) is 17.6. The molecule has 6 nitrogen and oxygen atoms in total. The van der Waals surface area contributed by atoms with E-state index in [1.165, 1.54) is 0 Å². The fourth-order valence-electron chi connectivity index (χ4n) is 3.03. The van der Waals surface area contributed by atoms with Crippen LogP contribution in [-0.4, -0.2) is 43.5 Å². The molecule has 2 amide bonds. The maximum atomic E-state index is 12.8. The summed E-state index contributed by atoms with van der Waals surface area (Å²) in [6.45, 7) is 4.02. The number of carbonyl (C=O) groups excluding carboxylic acids is 2. The van der Waals surface area contributed by atoms with E-state index >= 15 is 0 Å². The van der Waals surface area contributed by atoms with Crippen LogP contribution < -0.4 is 15.4 Å². The largest absolute Gasteiger partial charge is 0.497 e. The van der Waals surface area contributed by atoms with Gasteiger partial charge in [-0.3, -0.25) is 14.5 Å². The topological polar surface area (TPSA) is 70.7 Å². The number of rotatable bonds is 10. The summed E-state index contributed by atoms with van der Waals surface area (Å²) >= 11 is 0. The molecule has 0 aliphatic heterocycles. The lowest BCUT2D eigenvalue weighted by Gasteiger charge is -2.26. The Morgan fingerprint density at radius 2 is 1.72 bits per heavy atom. The highest BCUT2D eigenvalue weighted by molar-refractivity contribution is 5.92. The average molecular weight is 398 g/mol. The van der Waals surface area contributed by atoms with Gasteiger partial charge in [-0.1, -0.05) is 43.7 Å². The van der Waals surface area contributed by atoms with Crippen molar-refractivity contribution in [3.05, 3.63) is 60.2 Å². The van der Waals surface area contributed by atoms with Crippen molar-refractivity contribution in [3.8, 4) is 5.75 Å². The normalized spacial score (nSPS) is 12.9. The second-order valence-electron chi connectivity index (χ2n) is 7.13. The van der Waals surface area contributed by atoms with Crippen LogP contribution in [0.2, 0.25) is 0 Å². The first-order chi connectivity index (χ1) is 13.9. The highest BCUT2D eigenvalue weighted by Crippen LogP contribution is 2.19. The lowest BCUT2D eigenvalue weighted by molar-refractivity contribution is -0.127. The molecule has 0 bridgehead atoms. The summed E-state index contributed by atoms with van der Waals surface area (Å²) in [5, 5.41) is 5.96. The number of nitrogens with zero attached hydrogens (tertiary/aromatic N) is 1. The van der Waals surface area contributed by atoms with E-state index in [0.717, 1.165) is 24.2 Å². The molecule has 156 valence electrons. The number of methoxy groups -OCH3 is 1. The maximum Gasteiger partial charge on any atom is 0.238 e. The molecule has 0 unspecified atom stereocenters. The van der Waals surface area contributed by atoms with Crippen LogP contribution in [0.3, 0.4) is 0 Å². The molecule has 2 aromatic rings. The minimum absolute atomic E-state index is 0.0299. The van der Waals surface area contributed by atoms with Crippen LogP contribution in [-0.2, 0) is 9.59 Å². The first kappa shape index (κ1) is 22.4. The molecular formula is C23H31N3O3. The minimum Gasteiger partial charge on any atom is -0.497 e. The lowest BCUT2D eigenvalue weighted by Crippen LogP contribution is -2.46. The molecule has 2 rings (SSSR count). The summed E-state index contributed by atoms with van der Waals surface area (Å²) in [6.07, 6.45) is 1.83. The molecule has 0 radical (unpaired) electrons. The Morgan fingerprint density at radius 1 is 1.07 bits per heavy atom. The highest BCUT2D eigenvalue weighted by Gasteiger charge is 2.23. The van der Waals surface area contributed by atoms with Gasteiger partial charge in [0.05, 0.1) is 25.7 Å². The zero-order valence-electron chi connectivity index (χ0n) is 17.6. The molecule has 0 aliphatic carbocycles. The van der Waals surface area contributed by atoms with Gasteiger partial charge in [0.25, 0.3) is 0 Å². The first-order valence-electron chi connectivity index (χ1n) is 9.94. The summed E-state index contributed by atoms with van der Waals surface area (Å²) < 4.78 is 5.11. The molecule has 0 aliphatic rings. The fourth-order valence-corrected chi connectivity index (χ4v) is 3.03. The summed E-state index contributed by atoms with van der Waals surface area (Å²) in [6, 6.07) is 16.6. The van der Waals surface area contributed by atoms with E-state index in [1.54, 1.807) is 43.3 Å². The summed E-state index contributed by atoms with van der Waals surface area (Å²) in [5.74, 6) is 0.461. The van der Waals surface area contributed by atoms with Gasteiger partial charge in [-0.2, -0.15) is 0 Å². The second kappa shape index (κ2) is 11.2. The number of amides is 2. The van der Waals surface area contributed by atoms with Gasteiger partial charge in [0.2, 0.25) is 11.8 Å². The predicted molar refractivity (Wildman–Crippen MR) is 116 cm³/mol. The summed E-state index contributed by atoms with van der Waals surface area (Å²) in [4.78, 5) is 26.8. The van der Waals surface area contributed by atoms with Gasteiger partial charge in [0, 0.05) is 5.69 Å². The van der Waals surface area contributed by atoms with Crippen molar-refractivity contribution < 1.29 is 14.3 Å². The van der Waals surface area contributed by atoms with Crippen LogP contribution in [0.25, 0.3) is 0 Å². The zero-order chi connectivity index (χ0) is 21.2. The number of hydrogen-bond acceptors (Lipinski definition) is 4. The molecule has 2 aromatic carbocycles. The van der Waals surface area contributed by atoms with Crippen molar-refractivity contribution in [2.75, 3.05) is 26.0 Å². The molecule has 0 fully saturated rings. The number of nitrogens with one attached hydrogen (secondary N) is 2. The molecule has 0 saturated heterocycles. The van der Waals surface area contributed by atoms with Crippen LogP contribution in [0.15, 0.2) is 54.6 Å². The Bertz CT molecular complexity index is 778. The summed E-state index contributed by atoms with van der Waals surface area (Å²) in [7, 11) is 3.37. The Hall–Kier alpha value is -2.86.